The van der Waals surface area contributed by atoms with Crippen LogP contribution in [0.3, 0.4) is 0 Å². The monoisotopic (exact) mass is 425 g/mol. The molecule has 4 nitrogen and oxygen atoms in total. The maximum Gasteiger partial charge on any atom is 0.223 e. The summed E-state index contributed by atoms with van der Waals surface area (Å²) >= 11 is 0. The number of allylic oxidation sites excluding steroid dienone is 1. The van der Waals surface area contributed by atoms with E-state index in [1.165, 1.54) is 37.0 Å². The Bertz CT molecular complexity index is 941. The number of aromatic nitrogens is 2. The van der Waals surface area contributed by atoms with E-state index in [0.29, 0.717) is 23.7 Å². The van der Waals surface area contributed by atoms with Gasteiger partial charge in [0.2, 0.25) is 5.91 Å². The van der Waals surface area contributed by atoms with Gasteiger partial charge in [-0.05, 0) is 68.1 Å². The first-order chi connectivity index (χ1) is 14.9. The van der Waals surface area contributed by atoms with E-state index in [9.17, 15) is 9.18 Å². The molecule has 0 bridgehead atoms. The number of carbonyl (C=O) groups is 1. The normalized spacial score (nSPS) is 25.1. The van der Waals surface area contributed by atoms with E-state index in [-0.39, 0.29) is 17.6 Å². The van der Waals surface area contributed by atoms with Crippen molar-refractivity contribution in [3.63, 3.8) is 0 Å². The second-order valence-corrected chi connectivity index (χ2v) is 10.0. The standard InChI is InChI=1S/C26H36FN3O/c1-16(2)22-12-19(13-25-29-23-10-9-21(27)14-24(23)30-25)17(3)11-20(22)15-28-26(31)18-7-5-4-6-8-18/h9-11,14,16,18-20,22H,4-8,12-13,15H2,1-3H3,(H,28,31)(H,29,30). The fourth-order valence-corrected chi connectivity index (χ4v) is 5.60. The summed E-state index contributed by atoms with van der Waals surface area (Å²) in [7, 11) is 0. The van der Waals surface area contributed by atoms with E-state index < -0.39 is 0 Å². The van der Waals surface area contributed by atoms with E-state index in [1.807, 2.05) is 0 Å². The molecule has 2 N–H and O–H groups in total. The van der Waals surface area contributed by atoms with Gasteiger partial charge in [0, 0.05) is 18.9 Å². The molecule has 2 aliphatic rings. The lowest BCUT2D eigenvalue weighted by molar-refractivity contribution is -0.126. The van der Waals surface area contributed by atoms with Gasteiger partial charge in [-0.1, -0.05) is 44.8 Å². The van der Waals surface area contributed by atoms with Gasteiger partial charge in [0.1, 0.15) is 11.6 Å². The van der Waals surface area contributed by atoms with Crippen LogP contribution in [0, 0.1) is 35.4 Å². The highest BCUT2D eigenvalue weighted by Gasteiger charge is 2.33. The van der Waals surface area contributed by atoms with Crippen molar-refractivity contribution in [3.8, 4) is 0 Å². The van der Waals surface area contributed by atoms with E-state index in [1.54, 1.807) is 6.07 Å². The van der Waals surface area contributed by atoms with Crippen LogP contribution in [0.1, 0.15) is 65.1 Å². The van der Waals surface area contributed by atoms with E-state index in [4.69, 9.17) is 0 Å². The SMILES string of the molecule is CC1=CC(CNC(=O)C2CCCCC2)C(C(C)C)CC1Cc1nc2ccc(F)cc2[nH]1. The molecule has 1 saturated carbocycles. The molecule has 1 aromatic carbocycles. The van der Waals surface area contributed by atoms with Gasteiger partial charge in [0.05, 0.1) is 11.0 Å². The maximum atomic E-state index is 13.5. The van der Waals surface area contributed by atoms with E-state index in [2.05, 4.69) is 42.1 Å². The summed E-state index contributed by atoms with van der Waals surface area (Å²) in [6.45, 7) is 7.53. The average Bonchev–Trinajstić information content (AvgIpc) is 3.15. The predicted octanol–water partition coefficient (Wildman–Crippen LogP) is 5.80. The van der Waals surface area contributed by atoms with Gasteiger partial charge in [-0.25, -0.2) is 9.37 Å². The Hall–Kier alpha value is -2.17. The number of fused-ring (bicyclic) bond motifs is 1. The van der Waals surface area contributed by atoms with Crippen LogP contribution < -0.4 is 5.32 Å². The zero-order valence-electron chi connectivity index (χ0n) is 19.1. The molecule has 0 saturated heterocycles. The van der Waals surface area contributed by atoms with Crippen molar-refractivity contribution in [2.24, 2.45) is 29.6 Å². The van der Waals surface area contributed by atoms with Gasteiger partial charge in [0.25, 0.3) is 0 Å². The fourth-order valence-electron chi connectivity index (χ4n) is 5.60. The topological polar surface area (TPSA) is 57.8 Å². The Morgan fingerprint density at radius 2 is 2.03 bits per heavy atom. The molecule has 1 amide bonds. The molecule has 0 radical (unpaired) electrons. The Morgan fingerprint density at radius 3 is 2.77 bits per heavy atom. The molecule has 1 aromatic heterocycles. The number of rotatable bonds is 6. The first kappa shape index (κ1) is 22.0. The molecular formula is C26H36FN3O. The minimum Gasteiger partial charge on any atom is -0.355 e. The zero-order valence-corrected chi connectivity index (χ0v) is 19.1. The number of hydrogen-bond donors (Lipinski definition) is 2. The maximum absolute atomic E-state index is 13.5. The second kappa shape index (κ2) is 9.54. The van der Waals surface area contributed by atoms with Crippen LogP contribution in [0.4, 0.5) is 4.39 Å². The fraction of sp³-hybridized carbons (Fsp3) is 0.615. The molecular weight excluding hydrogens is 389 g/mol. The summed E-state index contributed by atoms with van der Waals surface area (Å²) in [6.07, 6.45) is 10.0. The summed E-state index contributed by atoms with van der Waals surface area (Å²) in [6, 6.07) is 4.70. The van der Waals surface area contributed by atoms with Crippen molar-refractivity contribution in [2.45, 2.75) is 65.7 Å². The number of halogens is 1. The van der Waals surface area contributed by atoms with Gasteiger partial charge < -0.3 is 10.3 Å². The third-order valence-electron chi connectivity index (χ3n) is 7.50. The van der Waals surface area contributed by atoms with Crippen LogP contribution in [0.15, 0.2) is 29.8 Å². The Kier molecular flexibility index (Phi) is 6.78. The lowest BCUT2D eigenvalue weighted by Gasteiger charge is -2.37. The molecule has 1 fully saturated rings. The first-order valence-corrected chi connectivity index (χ1v) is 12.0. The Morgan fingerprint density at radius 1 is 1.26 bits per heavy atom. The third-order valence-corrected chi connectivity index (χ3v) is 7.50. The molecule has 2 aromatic rings. The minimum atomic E-state index is -0.241. The highest BCUT2D eigenvalue weighted by atomic mass is 19.1. The number of nitrogens with one attached hydrogen (secondary N) is 2. The molecule has 4 rings (SSSR count). The quantitative estimate of drug-likeness (QED) is 0.575. The number of carbonyl (C=O) groups excluding carboxylic acids is 1. The first-order valence-electron chi connectivity index (χ1n) is 12.0. The predicted molar refractivity (Wildman–Crippen MR) is 123 cm³/mol. The molecule has 5 heteroatoms. The van der Waals surface area contributed by atoms with Gasteiger partial charge in [0.15, 0.2) is 0 Å². The van der Waals surface area contributed by atoms with Crippen LogP contribution in [0.25, 0.3) is 11.0 Å². The van der Waals surface area contributed by atoms with E-state index >= 15 is 0 Å². The summed E-state index contributed by atoms with van der Waals surface area (Å²) in [4.78, 5) is 20.6. The molecule has 1 heterocycles. The minimum absolute atomic E-state index is 0.214. The van der Waals surface area contributed by atoms with Gasteiger partial charge >= 0.3 is 0 Å². The Balaban J connectivity index is 1.43. The van der Waals surface area contributed by atoms with Crippen LogP contribution in [-0.4, -0.2) is 22.4 Å². The van der Waals surface area contributed by atoms with E-state index in [0.717, 1.165) is 49.1 Å². The lowest BCUT2D eigenvalue weighted by atomic mass is 9.69. The van der Waals surface area contributed by atoms with Crippen molar-refractivity contribution in [3.05, 3.63) is 41.5 Å². The summed E-state index contributed by atoms with van der Waals surface area (Å²) in [5, 5.41) is 3.28. The number of nitrogens with zero attached hydrogens (tertiary/aromatic N) is 1. The molecule has 168 valence electrons. The summed E-state index contributed by atoms with van der Waals surface area (Å²) in [5.74, 6) is 3.03. The van der Waals surface area contributed by atoms with Crippen LogP contribution in [0.5, 0.6) is 0 Å². The number of aromatic amines is 1. The Labute approximate surface area is 185 Å². The summed E-state index contributed by atoms with van der Waals surface area (Å²) in [5.41, 5.74) is 2.95. The van der Waals surface area contributed by atoms with Crippen molar-refractivity contribution in [2.75, 3.05) is 6.54 Å². The summed E-state index contributed by atoms with van der Waals surface area (Å²) < 4.78 is 13.5. The molecule has 0 spiro atoms. The van der Waals surface area contributed by atoms with Crippen molar-refractivity contribution < 1.29 is 9.18 Å². The lowest BCUT2D eigenvalue weighted by Crippen LogP contribution is -2.39. The van der Waals surface area contributed by atoms with Gasteiger partial charge in [-0.15, -0.1) is 0 Å². The molecule has 2 aliphatic carbocycles. The van der Waals surface area contributed by atoms with Crippen molar-refractivity contribution >= 4 is 16.9 Å². The highest BCUT2D eigenvalue weighted by molar-refractivity contribution is 5.78. The largest absolute Gasteiger partial charge is 0.355 e. The molecule has 3 unspecified atom stereocenters. The number of amides is 1. The highest BCUT2D eigenvalue weighted by Crippen LogP contribution is 2.38. The van der Waals surface area contributed by atoms with Gasteiger partial charge in [-0.2, -0.15) is 0 Å². The van der Waals surface area contributed by atoms with Crippen molar-refractivity contribution in [1.82, 2.24) is 15.3 Å². The zero-order chi connectivity index (χ0) is 22.0. The van der Waals surface area contributed by atoms with Crippen LogP contribution in [-0.2, 0) is 11.2 Å². The number of benzene rings is 1. The van der Waals surface area contributed by atoms with Crippen LogP contribution >= 0.6 is 0 Å². The number of H-pyrrole nitrogens is 1. The third kappa shape index (κ3) is 5.19. The average molecular weight is 426 g/mol. The number of imidazole rings is 1. The van der Waals surface area contributed by atoms with Crippen molar-refractivity contribution in [1.29, 1.82) is 0 Å². The molecule has 31 heavy (non-hydrogen) atoms. The molecule has 0 aliphatic heterocycles. The smallest absolute Gasteiger partial charge is 0.223 e. The number of hydrogen-bond acceptors (Lipinski definition) is 2. The molecule has 3 atom stereocenters. The van der Waals surface area contributed by atoms with Gasteiger partial charge in [-0.3, -0.25) is 4.79 Å². The van der Waals surface area contributed by atoms with Crippen LogP contribution in [0.2, 0.25) is 0 Å². The second-order valence-electron chi connectivity index (χ2n) is 10.0.